The summed E-state index contributed by atoms with van der Waals surface area (Å²) in [7, 11) is 0. The van der Waals surface area contributed by atoms with E-state index >= 15 is 0 Å². The Morgan fingerprint density at radius 1 is 1.16 bits per heavy atom. The van der Waals surface area contributed by atoms with E-state index in [4.69, 9.17) is 21.8 Å². The van der Waals surface area contributed by atoms with Gasteiger partial charge in [0.2, 0.25) is 0 Å². The van der Waals surface area contributed by atoms with Gasteiger partial charge < -0.3 is 10.2 Å². The Kier molecular flexibility index (Phi) is 3.06. The number of furan rings is 1. The van der Waals surface area contributed by atoms with E-state index in [1.54, 1.807) is 23.0 Å². The van der Waals surface area contributed by atoms with Crippen molar-refractivity contribution in [1.82, 2.24) is 15.0 Å². The molecule has 3 aromatic rings. The molecule has 2 N–H and O–H groups in total. The summed E-state index contributed by atoms with van der Waals surface area (Å²) in [6, 6.07) is 12.6. The van der Waals surface area contributed by atoms with E-state index in [-0.39, 0.29) is 0 Å². The molecular formula is C13H11ClN4O. The van der Waals surface area contributed by atoms with E-state index in [0.29, 0.717) is 11.0 Å². The molecular weight excluding hydrogens is 264 g/mol. The molecule has 0 spiro atoms. The van der Waals surface area contributed by atoms with Crippen LogP contribution in [0.2, 0.25) is 5.22 Å². The topological polar surface area (TPSA) is 69.9 Å². The highest BCUT2D eigenvalue weighted by Gasteiger charge is 2.19. The van der Waals surface area contributed by atoms with Crippen LogP contribution in [-0.2, 0) is 0 Å². The minimum absolute atomic E-state index is 0.309. The van der Waals surface area contributed by atoms with Crippen LogP contribution in [0.4, 0.5) is 0 Å². The Balaban J connectivity index is 2.01. The number of benzene rings is 1. The van der Waals surface area contributed by atoms with E-state index in [1.165, 1.54) is 0 Å². The number of hydrogen-bond donors (Lipinski definition) is 1. The smallest absolute Gasteiger partial charge is 0.193 e. The number of halogens is 1. The van der Waals surface area contributed by atoms with E-state index in [2.05, 4.69) is 10.3 Å². The minimum Gasteiger partial charge on any atom is -0.448 e. The number of para-hydroxylation sites is 1. The van der Waals surface area contributed by atoms with Gasteiger partial charge in [0.1, 0.15) is 11.8 Å². The maximum Gasteiger partial charge on any atom is 0.193 e. The third-order valence-corrected chi connectivity index (χ3v) is 3.00. The molecule has 0 fully saturated rings. The first kappa shape index (κ1) is 12.0. The van der Waals surface area contributed by atoms with Gasteiger partial charge in [-0.25, -0.2) is 4.68 Å². The van der Waals surface area contributed by atoms with E-state index in [9.17, 15) is 0 Å². The first-order valence-corrected chi connectivity index (χ1v) is 6.10. The Morgan fingerprint density at radius 2 is 1.95 bits per heavy atom. The van der Waals surface area contributed by atoms with Crippen molar-refractivity contribution < 1.29 is 4.42 Å². The lowest BCUT2D eigenvalue weighted by Gasteiger charge is -2.10. The van der Waals surface area contributed by atoms with Gasteiger partial charge in [-0.15, -0.1) is 5.10 Å². The molecule has 0 saturated carbocycles. The van der Waals surface area contributed by atoms with Gasteiger partial charge in [0.15, 0.2) is 5.22 Å². The van der Waals surface area contributed by atoms with E-state index < -0.39 is 6.04 Å². The Bertz CT molecular complexity index is 677. The lowest BCUT2D eigenvalue weighted by molar-refractivity contribution is 0.484. The highest BCUT2D eigenvalue weighted by atomic mass is 35.5. The predicted octanol–water partition coefficient (Wildman–Crippen LogP) is 2.56. The average molecular weight is 275 g/mol. The monoisotopic (exact) mass is 274 g/mol. The van der Waals surface area contributed by atoms with Crippen molar-refractivity contribution in [2.24, 2.45) is 5.73 Å². The van der Waals surface area contributed by atoms with Crippen molar-refractivity contribution in [2.45, 2.75) is 6.04 Å². The third kappa shape index (κ3) is 2.25. The van der Waals surface area contributed by atoms with Crippen LogP contribution in [0.5, 0.6) is 0 Å². The van der Waals surface area contributed by atoms with Gasteiger partial charge in [-0.2, -0.15) is 0 Å². The van der Waals surface area contributed by atoms with Gasteiger partial charge >= 0.3 is 0 Å². The molecule has 2 heterocycles. The zero-order valence-corrected chi connectivity index (χ0v) is 10.7. The van der Waals surface area contributed by atoms with Crippen LogP contribution in [0.25, 0.3) is 5.69 Å². The quantitative estimate of drug-likeness (QED) is 0.797. The van der Waals surface area contributed by atoms with Gasteiger partial charge in [0, 0.05) is 0 Å². The largest absolute Gasteiger partial charge is 0.448 e. The number of rotatable bonds is 3. The van der Waals surface area contributed by atoms with Crippen LogP contribution in [0.3, 0.4) is 0 Å². The lowest BCUT2D eigenvalue weighted by Crippen LogP contribution is -2.16. The molecule has 1 atom stereocenters. The molecule has 0 bridgehead atoms. The summed E-state index contributed by atoms with van der Waals surface area (Å²) in [5, 5.41) is 8.27. The zero-order chi connectivity index (χ0) is 13.2. The molecule has 1 unspecified atom stereocenters. The zero-order valence-electron chi connectivity index (χ0n) is 9.90. The fourth-order valence-electron chi connectivity index (χ4n) is 1.87. The highest BCUT2D eigenvalue weighted by molar-refractivity contribution is 6.28. The summed E-state index contributed by atoms with van der Waals surface area (Å²) in [6.07, 6.45) is 1.62. The summed E-state index contributed by atoms with van der Waals surface area (Å²) in [4.78, 5) is 0. The van der Waals surface area contributed by atoms with Crippen molar-refractivity contribution in [3.05, 3.63) is 65.3 Å². The fraction of sp³-hybridized carbons (Fsp3) is 0.0769. The van der Waals surface area contributed by atoms with Gasteiger partial charge in [-0.05, 0) is 35.9 Å². The number of aromatic nitrogens is 3. The maximum atomic E-state index is 6.16. The van der Waals surface area contributed by atoms with Gasteiger partial charge in [0.25, 0.3) is 0 Å². The molecule has 0 amide bonds. The molecule has 1 aromatic carbocycles. The van der Waals surface area contributed by atoms with Crippen LogP contribution >= 0.6 is 11.6 Å². The molecule has 19 heavy (non-hydrogen) atoms. The highest BCUT2D eigenvalue weighted by Crippen LogP contribution is 2.24. The van der Waals surface area contributed by atoms with Crippen LogP contribution in [0.15, 0.2) is 53.1 Å². The average Bonchev–Trinajstić information content (AvgIpc) is 3.07. The van der Waals surface area contributed by atoms with Gasteiger partial charge in [0.05, 0.1) is 17.6 Å². The molecule has 3 rings (SSSR count). The molecule has 0 saturated heterocycles. The third-order valence-electron chi connectivity index (χ3n) is 2.80. The Labute approximate surface area is 114 Å². The van der Waals surface area contributed by atoms with Crippen LogP contribution < -0.4 is 5.73 Å². The summed E-state index contributed by atoms with van der Waals surface area (Å²) in [5.41, 5.74) is 7.78. The minimum atomic E-state index is -0.470. The second-order valence-electron chi connectivity index (χ2n) is 4.03. The summed E-state index contributed by atoms with van der Waals surface area (Å²) in [5.74, 6) is 0.574. The van der Waals surface area contributed by atoms with Crippen LogP contribution in [0.1, 0.15) is 17.5 Å². The molecule has 0 aliphatic carbocycles. The standard InChI is InChI=1S/C13H11ClN4O/c14-12-7-6-11(19-12)13(15)10-8-16-17-18(10)9-4-2-1-3-5-9/h1-8,13H,15H2. The number of nitrogens with two attached hydrogens (primary N) is 1. The molecule has 0 aliphatic heterocycles. The van der Waals surface area contributed by atoms with Crippen LogP contribution in [0, 0.1) is 0 Å². The molecule has 6 heteroatoms. The number of nitrogens with zero attached hydrogens (tertiary/aromatic N) is 3. The first-order valence-electron chi connectivity index (χ1n) is 5.72. The Morgan fingerprint density at radius 3 is 2.63 bits per heavy atom. The lowest BCUT2D eigenvalue weighted by atomic mass is 10.2. The molecule has 0 aliphatic rings. The van der Waals surface area contributed by atoms with Crippen molar-refractivity contribution >= 4 is 11.6 Å². The van der Waals surface area contributed by atoms with E-state index in [0.717, 1.165) is 11.4 Å². The van der Waals surface area contributed by atoms with Gasteiger partial charge in [-0.3, -0.25) is 0 Å². The predicted molar refractivity (Wildman–Crippen MR) is 71.1 cm³/mol. The molecule has 0 radical (unpaired) electrons. The molecule has 96 valence electrons. The summed E-state index contributed by atoms with van der Waals surface area (Å²) in [6.45, 7) is 0. The van der Waals surface area contributed by atoms with Crippen molar-refractivity contribution in [3.8, 4) is 5.69 Å². The van der Waals surface area contributed by atoms with E-state index in [1.807, 2.05) is 30.3 Å². The molecule has 5 nitrogen and oxygen atoms in total. The fourth-order valence-corrected chi connectivity index (χ4v) is 2.02. The second kappa shape index (κ2) is 4.87. The SMILES string of the molecule is NC(c1ccc(Cl)o1)c1cnnn1-c1ccccc1. The summed E-state index contributed by atoms with van der Waals surface area (Å²) >= 11 is 5.76. The maximum absolute atomic E-state index is 6.16. The van der Waals surface area contributed by atoms with Crippen molar-refractivity contribution in [3.63, 3.8) is 0 Å². The normalized spacial score (nSPS) is 12.5. The molecule has 2 aromatic heterocycles. The Hall–Kier alpha value is -2.11. The van der Waals surface area contributed by atoms with Crippen molar-refractivity contribution in [1.29, 1.82) is 0 Å². The van der Waals surface area contributed by atoms with Crippen LogP contribution in [-0.4, -0.2) is 15.0 Å². The second-order valence-corrected chi connectivity index (χ2v) is 4.40. The number of hydrogen-bond acceptors (Lipinski definition) is 4. The first-order chi connectivity index (χ1) is 9.25. The summed E-state index contributed by atoms with van der Waals surface area (Å²) < 4.78 is 7.01. The van der Waals surface area contributed by atoms with Crippen molar-refractivity contribution in [2.75, 3.05) is 0 Å². The van der Waals surface area contributed by atoms with Gasteiger partial charge in [-0.1, -0.05) is 23.4 Å².